The number of benzene rings is 1. The maximum Gasteiger partial charge on any atom is 0.255 e. The topological polar surface area (TPSA) is 61.9 Å². The summed E-state index contributed by atoms with van der Waals surface area (Å²) in [4.78, 5) is 27.3. The van der Waals surface area contributed by atoms with Gasteiger partial charge in [0.1, 0.15) is 5.82 Å². The predicted octanol–water partition coefficient (Wildman–Crippen LogP) is 4.45. The molecule has 0 aliphatic carbocycles. The van der Waals surface area contributed by atoms with Crippen LogP contribution in [0.2, 0.25) is 0 Å². The Morgan fingerprint density at radius 2 is 1.97 bits per heavy atom. The van der Waals surface area contributed by atoms with Gasteiger partial charge in [-0.2, -0.15) is 0 Å². The molecule has 4 rings (SSSR count). The summed E-state index contributed by atoms with van der Waals surface area (Å²) >= 11 is 3.58. The molecule has 0 unspecified atom stereocenters. The first-order chi connectivity index (χ1) is 13.8. The van der Waals surface area contributed by atoms with E-state index in [0.29, 0.717) is 6.54 Å². The van der Waals surface area contributed by atoms with Gasteiger partial charge in [-0.05, 0) is 17.7 Å². The lowest BCUT2D eigenvalue weighted by molar-refractivity contribution is 0.240. The van der Waals surface area contributed by atoms with E-state index in [1.54, 1.807) is 0 Å². The highest BCUT2D eigenvalue weighted by Crippen LogP contribution is 2.27. The Morgan fingerprint density at radius 1 is 1.17 bits per heavy atom. The molecule has 0 spiro atoms. The molecule has 150 valence electrons. The number of pyridine rings is 1. The Balaban J connectivity index is 1.50. The maximum atomic E-state index is 12.6. The summed E-state index contributed by atoms with van der Waals surface area (Å²) in [6, 6.07) is 12.2. The quantitative estimate of drug-likeness (QED) is 0.637. The zero-order valence-corrected chi connectivity index (χ0v) is 18.6. The van der Waals surface area contributed by atoms with Crippen LogP contribution in [0.25, 0.3) is 11.3 Å². The lowest BCUT2D eigenvalue weighted by atomic mass is 9.95. The largest absolute Gasteiger partial charge is 0.310 e. The second-order valence-corrected chi connectivity index (χ2v) is 9.44. The fraction of sp³-hybridized carbons (Fsp3) is 0.348. The molecule has 3 aromatic rings. The monoisotopic (exact) mass is 452 g/mol. The number of rotatable bonds is 3. The lowest BCUT2D eigenvalue weighted by Gasteiger charge is -2.28. The molecule has 1 aliphatic rings. The molecule has 0 saturated carbocycles. The summed E-state index contributed by atoms with van der Waals surface area (Å²) in [5.74, 6) is 0.765. The normalized spacial score (nSPS) is 14.6. The smallest absolute Gasteiger partial charge is 0.255 e. The van der Waals surface area contributed by atoms with Gasteiger partial charge >= 0.3 is 0 Å². The molecule has 29 heavy (non-hydrogen) atoms. The molecule has 1 aliphatic heterocycles. The van der Waals surface area contributed by atoms with Crippen LogP contribution in [0, 0.1) is 0 Å². The van der Waals surface area contributed by atoms with E-state index < -0.39 is 0 Å². The Labute approximate surface area is 179 Å². The van der Waals surface area contributed by atoms with Crippen molar-refractivity contribution >= 4 is 15.9 Å². The standard InChI is InChI=1S/C23H25BrN4O/c1-23(2,3)22-26-20-10-11-28(14-17(20)21(29)27-22)13-15-8-9-19(25-12-15)16-6-4-5-7-18(16)24/h4-9,12H,10-11,13-14H2,1-3H3,(H,26,27,29). The molecular formula is C23H25BrN4O. The number of hydrogen-bond acceptors (Lipinski definition) is 4. The number of H-pyrrole nitrogens is 1. The molecule has 2 aromatic heterocycles. The van der Waals surface area contributed by atoms with E-state index in [-0.39, 0.29) is 11.0 Å². The van der Waals surface area contributed by atoms with Crippen LogP contribution < -0.4 is 5.56 Å². The third-order valence-corrected chi connectivity index (χ3v) is 5.93. The summed E-state index contributed by atoms with van der Waals surface area (Å²) < 4.78 is 1.04. The molecule has 1 aromatic carbocycles. The van der Waals surface area contributed by atoms with Crippen LogP contribution in [-0.2, 0) is 24.9 Å². The van der Waals surface area contributed by atoms with Gasteiger partial charge < -0.3 is 4.98 Å². The summed E-state index contributed by atoms with van der Waals surface area (Å²) in [5, 5.41) is 0. The average molecular weight is 453 g/mol. The minimum atomic E-state index is -0.160. The zero-order chi connectivity index (χ0) is 20.6. The first-order valence-electron chi connectivity index (χ1n) is 9.86. The van der Waals surface area contributed by atoms with E-state index in [2.05, 4.69) is 69.8 Å². The van der Waals surface area contributed by atoms with Gasteiger partial charge in [0, 0.05) is 47.7 Å². The van der Waals surface area contributed by atoms with Crippen molar-refractivity contribution in [3.05, 3.63) is 80.1 Å². The summed E-state index contributed by atoms with van der Waals surface area (Å²) in [6.07, 6.45) is 2.72. The predicted molar refractivity (Wildman–Crippen MR) is 119 cm³/mol. The van der Waals surface area contributed by atoms with Gasteiger partial charge in [-0.1, -0.05) is 61.0 Å². The van der Waals surface area contributed by atoms with E-state index in [0.717, 1.165) is 57.9 Å². The lowest BCUT2D eigenvalue weighted by Crippen LogP contribution is -2.37. The third-order valence-electron chi connectivity index (χ3n) is 5.24. The van der Waals surface area contributed by atoms with Gasteiger partial charge in [0.2, 0.25) is 0 Å². The molecular weight excluding hydrogens is 428 g/mol. The van der Waals surface area contributed by atoms with Gasteiger partial charge in [0.15, 0.2) is 0 Å². The van der Waals surface area contributed by atoms with Crippen LogP contribution in [-0.4, -0.2) is 26.4 Å². The Kier molecular flexibility index (Phi) is 5.40. The molecule has 3 heterocycles. The van der Waals surface area contributed by atoms with Gasteiger partial charge in [-0.15, -0.1) is 0 Å². The SMILES string of the molecule is CC(C)(C)c1nc2c(c(=O)[nH]1)CN(Cc1ccc(-c3ccccc3Br)nc1)CC2. The molecule has 0 radical (unpaired) electrons. The number of nitrogens with zero attached hydrogens (tertiary/aromatic N) is 3. The van der Waals surface area contributed by atoms with E-state index in [4.69, 9.17) is 4.98 Å². The number of hydrogen-bond donors (Lipinski definition) is 1. The Morgan fingerprint density at radius 3 is 2.66 bits per heavy atom. The zero-order valence-electron chi connectivity index (χ0n) is 17.0. The highest BCUT2D eigenvalue weighted by molar-refractivity contribution is 9.10. The molecule has 0 saturated heterocycles. The minimum Gasteiger partial charge on any atom is -0.310 e. The fourth-order valence-electron chi connectivity index (χ4n) is 3.58. The molecule has 1 N–H and O–H groups in total. The number of aromatic amines is 1. The van der Waals surface area contributed by atoms with E-state index in [1.165, 1.54) is 0 Å². The molecule has 6 heteroatoms. The van der Waals surface area contributed by atoms with E-state index in [9.17, 15) is 4.79 Å². The second kappa shape index (κ2) is 7.84. The second-order valence-electron chi connectivity index (χ2n) is 8.58. The van der Waals surface area contributed by atoms with Crippen LogP contribution in [0.1, 0.15) is 43.4 Å². The van der Waals surface area contributed by atoms with Crippen molar-refractivity contribution in [2.24, 2.45) is 0 Å². The number of fused-ring (bicyclic) bond motifs is 1. The summed E-state index contributed by atoms with van der Waals surface area (Å²) in [6.45, 7) is 8.47. The number of nitrogens with one attached hydrogen (secondary N) is 1. The third kappa shape index (κ3) is 4.33. The van der Waals surface area contributed by atoms with Gasteiger partial charge in [0.25, 0.3) is 5.56 Å². The fourth-order valence-corrected chi connectivity index (χ4v) is 4.06. The van der Waals surface area contributed by atoms with Crippen LogP contribution in [0.3, 0.4) is 0 Å². The first kappa shape index (κ1) is 20.0. The van der Waals surface area contributed by atoms with Crippen molar-refractivity contribution in [1.82, 2.24) is 19.9 Å². The van der Waals surface area contributed by atoms with E-state index >= 15 is 0 Å². The Hall–Kier alpha value is -2.31. The summed E-state index contributed by atoms with van der Waals surface area (Å²) in [5.41, 5.74) is 4.73. The van der Waals surface area contributed by atoms with Crippen LogP contribution in [0.4, 0.5) is 0 Å². The van der Waals surface area contributed by atoms with Gasteiger partial charge in [-0.3, -0.25) is 14.7 Å². The van der Waals surface area contributed by atoms with Crippen molar-refractivity contribution < 1.29 is 0 Å². The Bertz CT molecular complexity index is 1080. The van der Waals surface area contributed by atoms with Crippen molar-refractivity contribution in [1.29, 1.82) is 0 Å². The van der Waals surface area contributed by atoms with Crippen LogP contribution in [0.15, 0.2) is 51.9 Å². The number of halogens is 1. The van der Waals surface area contributed by atoms with Crippen LogP contribution in [0.5, 0.6) is 0 Å². The molecule has 5 nitrogen and oxygen atoms in total. The highest BCUT2D eigenvalue weighted by atomic mass is 79.9. The van der Waals surface area contributed by atoms with Gasteiger partial charge in [-0.25, -0.2) is 4.98 Å². The number of aromatic nitrogens is 3. The molecule has 0 amide bonds. The first-order valence-corrected chi connectivity index (χ1v) is 10.7. The van der Waals surface area contributed by atoms with Crippen molar-refractivity contribution in [2.75, 3.05) is 6.54 Å². The van der Waals surface area contributed by atoms with Crippen molar-refractivity contribution in [3.8, 4) is 11.3 Å². The minimum absolute atomic E-state index is 0.00738. The molecule has 0 fully saturated rings. The highest BCUT2D eigenvalue weighted by Gasteiger charge is 2.24. The molecule has 0 bridgehead atoms. The average Bonchev–Trinajstić information content (AvgIpc) is 2.69. The van der Waals surface area contributed by atoms with Crippen molar-refractivity contribution in [2.45, 2.75) is 45.7 Å². The van der Waals surface area contributed by atoms with Crippen LogP contribution >= 0.6 is 15.9 Å². The summed E-state index contributed by atoms with van der Waals surface area (Å²) in [7, 11) is 0. The van der Waals surface area contributed by atoms with E-state index in [1.807, 2.05) is 24.4 Å². The van der Waals surface area contributed by atoms with Crippen molar-refractivity contribution in [3.63, 3.8) is 0 Å². The van der Waals surface area contributed by atoms with Gasteiger partial charge in [0.05, 0.1) is 17.0 Å². The molecule has 0 atom stereocenters. The maximum absolute atomic E-state index is 12.6.